The van der Waals surface area contributed by atoms with Crippen LogP contribution in [-0.4, -0.2) is 59.9 Å². The zero-order chi connectivity index (χ0) is 18.3. The van der Waals surface area contributed by atoms with Gasteiger partial charge in [-0.15, -0.1) is 0 Å². The molecule has 1 aromatic heterocycles. The minimum Gasteiger partial charge on any atom is -0.331 e. The van der Waals surface area contributed by atoms with Crippen LogP contribution in [0.2, 0.25) is 0 Å². The van der Waals surface area contributed by atoms with Gasteiger partial charge in [-0.05, 0) is 57.0 Å². The molecule has 0 bridgehead atoms. The highest BCUT2D eigenvalue weighted by Crippen LogP contribution is 2.30. The van der Waals surface area contributed by atoms with Crippen LogP contribution in [0.5, 0.6) is 0 Å². The molecule has 2 aliphatic rings. The Labute approximate surface area is 155 Å². The smallest absolute Gasteiger partial charge is 0.243 e. The number of sulfonamides is 1. The second-order valence-electron chi connectivity index (χ2n) is 7.52. The van der Waals surface area contributed by atoms with Crippen molar-refractivity contribution in [2.45, 2.75) is 43.4 Å². The fraction of sp³-hybridized carbons (Fsp3) is 0.632. The molecule has 0 unspecified atom stereocenters. The van der Waals surface area contributed by atoms with E-state index < -0.39 is 10.0 Å². The molecule has 0 saturated carbocycles. The average Bonchev–Trinajstić information content (AvgIpc) is 3.30. The molecule has 1 atom stereocenters. The largest absolute Gasteiger partial charge is 0.331 e. The molecule has 1 aromatic carbocycles. The Kier molecular flexibility index (Phi) is 4.79. The van der Waals surface area contributed by atoms with E-state index in [0.717, 1.165) is 55.8 Å². The second kappa shape index (κ2) is 6.94. The first-order valence-corrected chi connectivity index (χ1v) is 11.1. The number of aromatic nitrogens is 2. The third-order valence-electron chi connectivity index (χ3n) is 5.91. The highest BCUT2D eigenvalue weighted by atomic mass is 32.2. The van der Waals surface area contributed by atoms with Crippen molar-refractivity contribution in [2.24, 2.45) is 7.05 Å². The van der Waals surface area contributed by atoms with Gasteiger partial charge in [-0.1, -0.05) is 6.92 Å². The molecule has 2 saturated heterocycles. The molecule has 0 amide bonds. The molecule has 2 aromatic rings. The summed E-state index contributed by atoms with van der Waals surface area (Å²) in [6.07, 6.45) is 4.23. The molecular weight excluding hydrogens is 348 g/mol. The highest BCUT2D eigenvalue weighted by molar-refractivity contribution is 7.89. The van der Waals surface area contributed by atoms with Gasteiger partial charge < -0.3 is 9.47 Å². The van der Waals surface area contributed by atoms with Crippen LogP contribution in [0, 0.1) is 0 Å². The number of piperidine rings is 1. The van der Waals surface area contributed by atoms with E-state index in [1.807, 2.05) is 13.1 Å². The van der Waals surface area contributed by atoms with E-state index >= 15 is 0 Å². The van der Waals surface area contributed by atoms with Crippen LogP contribution in [0.3, 0.4) is 0 Å². The van der Waals surface area contributed by atoms with Crippen molar-refractivity contribution in [3.05, 3.63) is 24.0 Å². The van der Waals surface area contributed by atoms with E-state index in [1.54, 1.807) is 16.4 Å². The number of hydrogen-bond acceptors (Lipinski definition) is 4. The van der Waals surface area contributed by atoms with Crippen molar-refractivity contribution in [3.63, 3.8) is 0 Å². The minimum atomic E-state index is -3.40. The van der Waals surface area contributed by atoms with Gasteiger partial charge >= 0.3 is 0 Å². The molecule has 0 N–H and O–H groups in total. The van der Waals surface area contributed by atoms with Crippen LogP contribution < -0.4 is 0 Å². The number of likely N-dealkylation sites (N-methyl/N-ethyl adjacent to an activating group) is 1. The summed E-state index contributed by atoms with van der Waals surface area (Å²) in [4.78, 5) is 7.70. The van der Waals surface area contributed by atoms with Crippen LogP contribution in [0.15, 0.2) is 23.1 Å². The monoisotopic (exact) mass is 376 g/mol. The maximum atomic E-state index is 12.8. The van der Waals surface area contributed by atoms with Crippen LogP contribution in [0.25, 0.3) is 11.0 Å². The van der Waals surface area contributed by atoms with Crippen molar-refractivity contribution in [1.82, 2.24) is 18.8 Å². The van der Waals surface area contributed by atoms with Crippen molar-refractivity contribution in [3.8, 4) is 0 Å². The molecule has 3 heterocycles. The van der Waals surface area contributed by atoms with Crippen molar-refractivity contribution < 1.29 is 8.42 Å². The third-order valence-corrected chi connectivity index (χ3v) is 7.80. The van der Waals surface area contributed by atoms with Crippen molar-refractivity contribution in [2.75, 3.05) is 32.7 Å². The molecule has 0 spiro atoms. The second-order valence-corrected chi connectivity index (χ2v) is 9.46. The lowest BCUT2D eigenvalue weighted by atomic mass is 9.97. The van der Waals surface area contributed by atoms with Gasteiger partial charge in [0.1, 0.15) is 5.82 Å². The summed E-state index contributed by atoms with van der Waals surface area (Å²) in [5.41, 5.74) is 1.80. The predicted molar refractivity (Wildman–Crippen MR) is 103 cm³/mol. The fourth-order valence-electron chi connectivity index (χ4n) is 4.35. The molecule has 7 heteroatoms. The van der Waals surface area contributed by atoms with E-state index in [-0.39, 0.29) is 0 Å². The third kappa shape index (κ3) is 3.06. The Morgan fingerprint density at radius 3 is 2.65 bits per heavy atom. The summed E-state index contributed by atoms with van der Waals surface area (Å²) in [7, 11) is -1.35. The lowest BCUT2D eigenvalue weighted by Crippen LogP contribution is -2.34. The Balaban J connectivity index is 1.69. The maximum absolute atomic E-state index is 12.8. The van der Waals surface area contributed by atoms with E-state index in [4.69, 9.17) is 4.98 Å². The predicted octanol–water partition coefficient (Wildman–Crippen LogP) is 2.56. The van der Waals surface area contributed by atoms with Gasteiger partial charge in [-0.2, -0.15) is 4.31 Å². The summed E-state index contributed by atoms with van der Waals surface area (Å²) < 4.78 is 29.4. The zero-order valence-electron chi connectivity index (χ0n) is 15.7. The first-order valence-electron chi connectivity index (χ1n) is 9.69. The number of aryl methyl sites for hydroxylation is 1. The summed E-state index contributed by atoms with van der Waals surface area (Å²) in [5.74, 6) is 1.49. The number of likely N-dealkylation sites (tertiary alicyclic amines) is 1. The highest BCUT2D eigenvalue weighted by Gasteiger charge is 2.29. The van der Waals surface area contributed by atoms with Gasteiger partial charge in [0.25, 0.3) is 0 Å². The molecule has 26 heavy (non-hydrogen) atoms. The fourth-order valence-corrected chi connectivity index (χ4v) is 5.89. The van der Waals surface area contributed by atoms with Gasteiger partial charge in [-0.3, -0.25) is 0 Å². The molecule has 0 radical (unpaired) electrons. The lowest BCUT2D eigenvalue weighted by molar-refractivity contribution is 0.212. The number of fused-ring (bicyclic) bond motifs is 1. The first-order chi connectivity index (χ1) is 12.5. The number of nitrogens with zero attached hydrogens (tertiary/aromatic N) is 4. The summed E-state index contributed by atoms with van der Waals surface area (Å²) in [6, 6.07) is 5.41. The van der Waals surface area contributed by atoms with Crippen molar-refractivity contribution in [1.29, 1.82) is 0 Å². The summed E-state index contributed by atoms with van der Waals surface area (Å²) >= 11 is 0. The SMILES string of the molecule is CCN1CCC[C@H](c2nc3cc(S(=O)(=O)N4CCCC4)ccc3n2C)C1. The molecular formula is C19H28N4O2S. The Morgan fingerprint density at radius 1 is 1.15 bits per heavy atom. The molecule has 2 aliphatic heterocycles. The molecule has 142 valence electrons. The Bertz CT molecular complexity index is 900. The van der Waals surface area contributed by atoms with E-state index in [0.29, 0.717) is 23.9 Å². The van der Waals surface area contributed by atoms with Crippen LogP contribution in [-0.2, 0) is 17.1 Å². The van der Waals surface area contributed by atoms with Gasteiger partial charge in [0, 0.05) is 32.6 Å². The lowest BCUT2D eigenvalue weighted by Gasteiger charge is -2.31. The van der Waals surface area contributed by atoms with E-state index in [9.17, 15) is 8.42 Å². The van der Waals surface area contributed by atoms with E-state index in [2.05, 4.69) is 16.4 Å². The molecule has 0 aliphatic carbocycles. The topological polar surface area (TPSA) is 58.4 Å². The maximum Gasteiger partial charge on any atom is 0.243 e. The van der Waals surface area contributed by atoms with Crippen LogP contribution in [0.4, 0.5) is 0 Å². The quantitative estimate of drug-likeness (QED) is 0.823. The molecule has 2 fully saturated rings. The van der Waals surface area contributed by atoms with E-state index in [1.165, 1.54) is 6.42 Å². The van der Waals surface area contributed by atoms with Gasteiger partial charge in [-0.25, -0.2) is 13.4 Å². The standard InChI is InChI=1S/C19H28N4O2S/c1-3-22-10-6-7-15(14-22)19-20-17-13-16(8-9-18(17)21(19)2)26(24,25)23-11-4-5-12-23/h8-9,13,15H,3-7,10-12,14H2,1-2H3/t15-/m0/s1. The number of benzene rings is 1. The Morgan fingerprint density at radius 2 is 1.92 bits per heavy atom. The van der Waals surface area contributed by atoms with Crippen LogP contribution >= 0.6 is 0 Å². The van der Waals surface area contributed by atoms with Gasteiger partial charge in [0.05, 0.1) is 15.9 Å². The number of imidazole rings is 1. The Hall–Kier alpha value is -1.44. The molecule has 6 nitrogen and oxygen atoms in total. The van der Waals surface area contributed by atoms with Gasteiger partial charge in [0.15, 0.2) is 0 Å². The number of hydrogen-bond donors (Lipinski definition) is 0. The molecule has 4 rings (SSSR count). The minimum absolute atomic E-state index is 0.371. The zero-order valence-corrected chi connectivity index (χ0v) is 16.5. The van der Waals surface area contributed by atoms with Crippen LogP contribution in [0.1, 0.15) is 44.3 Å². The first kappa shape index (κ1) is 17.9. The average molecular weight is 377 g/mol. The van der Waals surface area contributed by atoms with Gasteiger partial charge in [0.2, 0.25) is 10.0 Å². The number of rotatable bonds is 4. The van der Waals surface area contributed by atoms with Crippen molar-refractivity contribution >= 4 is 21.1 Å². The summed E-state index contributed by atoms with van der Waals surface area (Å²) in [6.45, 7) is 6.72. The normalized spacial score (nSPS) is 23.1. The summed E-state index contributed by atoms with van der Waals surface area (Å²) in [5, 5.41) is 0.